The minimum Gasteiger partial charge on any atom is -0.384 e. The maximum Gasteiger partial charge on any atom is 0.329 e. The summed E-state index contributed by atoms with van der Waals surface area (Å²) >= 11 is 1.09. The molecule has 3 rings (SSSR count). The molecule has 2 heterocycles. The number of carbonyl (C=O) groups excluding carboxylic acids is 1. The van der Waals surface area contributed by atoms with Gasteiger partial charge in [0.1, 0.15) is 11.4 Å². The van der Waals surface area contributed by atoms with Crippen molar-refractivity contribution in [2.45, 2.75) is 39.4 Å². The molecule has 2 aromatic heterocycles. The molecule has 0 fully saturated rings. The molecule has 3 N–H and O–H groups in total. The van der Waals surface area contributed by atoms with Gasteiger partial charge in [-0.1, -0.05) is 37.7 Å². The van der Waals surface area contributed by atoms with E-state index >= 15 is 0 Å². The number of aromatic nitrogens is 6. The van der Waals surface area contributed by atoms with Gasteiger partial charge < -0.3 is 5.73 Å². The van der Waals surface area contributed by atoms with Gasteiger partial charge >= 0.3 is 5.69 Å². The van der Waals surface area contributed by atoms with E-state index < -0.39 is 17.0 Å². The number of hydrogen-bond donors (Lipinski definition) is 2. The number of H-pyrrole nitrogens is 1. The quantitative estimate of drug-likeness (QED) is 0.423. The smallest absolute Gasteiger partial charge is 0.329 e. The molecule has 3 aromatic rings. The summed E-state index contributed by atoms with van der Waals surface area (Å²) in [6.07, 6.45) is 0. The Labute approximate surface area is 176 Å². The summed E-state index contributed by atoms with van der Waals surface area (Å²) in [5.41, 5.74) is 7.26. The summed E-state index contributed by atoms with van der Waals surface area (Å²) in [6, 6.07) is 5.77. The molecule has 0 atom stereocenters. The van der Waals surface area contributed by atoms with E-state index in [2.05, 4.69) is 20.5 Å². The third-order valence-corrected chi connectivity index (χ3v) is 5.56. The van der Waals surface area contributed by atoms with E-state index in [0.717, 1.165) is 28.6 Å². The van der Waals surface area contributed by atoms with E-state index in [9.17, 15) is 14.4 Å². The molecule has 30 heavy (non-hydrogen) atoms. The Bertz CT molecular complexity index is 1210. The second-order valence-electron chi connectivity index (χ2n) is 7.33. The molecule has 0 saturated heterocycles. The summed E-state index contributed by atoms with van der Waals surface area (Å²) in [5.74, 6) is -0.641. The lowest BCUT2D eigenvalue weighted by atomic mass is 10.1. The number of benzene rings is 1. The number of rotatable bonds is 7. The molecule has 0 bridgehead atoms. The van der Waals surface area contributed by atoms with Gasteiger partial charge in [-0.3, -0.25) is 19.1 Å². The number of tetrazole rings is 1. The van der Waals surface area contributed by atoms with Crippen molar-refractivity contribution in [3.05, 3.63) is 55.7 Å². The number of ketones is 1. The van der Waals surface area contributed by atoms with Gasteiger partial charge in [0, 0.05) is 6.54 Å². The van der Waals surface area contributed by atoms with E-state index in [0.29, 0.717) is 11.7 Å². The van der Waals surface area contributed by atoms with Crippen molar-refractivity contribution in [3.8, 4) is 5.69 Å². The molecule has 11 heteroatoms. The lowest BCUT2D eigenvalue weighted by molar-refractivity contribution is 0.102. The minimum absolute atomic E-state index is 0.107. The van der Waals surface area contributed by atoms with E-state index in [1.807, 2.05) is 45.9 Å². The number of nitrogen functional groups attached to an aromatic ring is 1. The average Bonchev–Trinajstić information content (AvgIpc) is 3.13. The fourth-order valence-corrected chi connectivity index (χ4v) is 3.75. The van der Waals surface area contributed by atoms with Crippen LogP contribution in [0.5, 0.6) is 0 Å². The van der Waals surface area contributed by atoms with Gasteiger partial charge in [0.15, 0.2) is 5.78 Å². The first-order chi connectivity index (χ1) is 14.2. The van der Waals surface area contributed by atoms with Crippen molar-refractivity contribution in [3.63, 3.8) is 0 Å². The summed E-state index contributed by atoms with van der Waals surface area (Å²) in [4.78, 5) is 39.3. The SMILES string of the molecule is Cc1cccc(-n2nnnc2SCC(=O)c2c(N)n(CC(C)C)c(=O)[nH]c2=O)c1C. The number of Topliss-reactive ketones (excluding diaryl/α,β-unsaturated/α-hetero) is 1. The summed E-state index contributed by atoms with van der Waals surface area (Å²) in [7, 11) is 0. The van der Waals surface area contributed by atoms with Crippen molar-refractivity contribution in [1.29, 1.82) is 0 Å². The molecule has 0 radical (unpaired) electrons. The first-order valence-corrected chi connectivity index (χ1v) is 10.3. The molecule has 158 valence electrons. The third kappa shape index (κ3) is 4.20. The number of anilines is 1. The molecular weight excluding hydrogens is 406 g/mol. The number of aryl methyl sites for hydroxylation is 1. The molecule has 0 spiro atoms. The number of nitrogens with one attached hydrogen (secondary N) is 1. The van der Waals surface area contributed by atoms with Crippen LogP contribution in [-0.2, 0) is 6.54 Å². The van der Waals surface area contributed by atoms with Crippen molar-refractivity contribution in [1.82, 2.24) is 29.8 Å². The number of nitrogens with zero attached hydrogens (tertiary/aromatic N) is 5. The number of nitrogens with two attached hydrogens (primary N) is 1. The van der Waals surface area contributed by atoms with Crippen LogP contribution < -0.4 is 17.0 Å². The Balaban J connectivity index is 1.88. The summed E-state index contributed by atoms with van der Waals surface area (Å²) < 4.78 is 2.76. The minimum atomic E-state index is -0.794. The van der Waals surface area contributed by atoms with Crippen LogP contribution in [0.25, 0.3) is 5.69 Å². The lowest BCUT2D eigenvalue weighted by Crippen LogP contribution is -2.37. The summed E-state index contributed by atoms with van der Waals surface area (Å²) in [6.45, 7) is 8.05. The van der Waals surface area contributed by atoms with E-state index in [4.69, 9.17) is 5.73 Å². The highest BCUT2D eigenvalue weighted by atomic mass is 32.2. The van der Waals surface area contributed by atoms with Gasteiger partial charge in [0.2, 0.25) is 5.16 Å². The van der Waals surface area contributed by atoms with Crippen molar-refractivity contribution >= 4 is 23.4 Å². The second kappa shape index (κ2) is 8.66. The van der Waals surface area contributed by atoms with Crippen LogP contribution in [0.2, 0.25) is 0 Å². The Hall–Kier alpha value is -3.21. The fraction of sp³-hybridized carbons (Fsp3) is 0.368. The van der Waals surface area contributed by atoms with Crippen LogP contribution in [0.15, 0.2) is 32.9 Å². The highest BCUT2D eigenvalue weighted by molar-refractivity contribution is 7.99. The molecule has 1 aromatic carbocycles. The largest absolute Gasteiger partial charge is 0.384 e. The van der Waals surface area contributed by atoms with Crippen molar-refractivity contribution < 1.29 is 4.79 Å². The van der Waals surface area contributed by atoms with Gasteiger partial charge in [-0.05, 0) is 47.4 Å². The van der Waals surface area contributed by atoms with Crippen molar-refractivity contribution in [2.24, 2.45) is 5.92 Å². The predicted octanol–water partition coefficient (Wildman–Crippen LogP) is 1.34. The average molecular weight is 430 g/mol. The summed E-state index contributed by atoms with van der Waals surface area (Å²) in [5, 5.41) is 12.1. The normalized spacial score (nSPS) is 11.2. The van der Waals surface area contributed by atoms with Crippen LogP contribution in [0.1, 0.15) is 35.3 Å². The maximum absolute atomic E-state index is 12.8. The Kier molecular flexibility index (Phi) is 6.20. The molecule has 0 aliphatic rings. The fourth-order valence-electron chi connectivity index (χ4n) is 2.99. The molecule has 0 amide bonds. The first-order valence-electron chi connectivity index (χ1n) is 9.34. The van der Waals surface area contributed by atoms with E-state index in [1.54, 1.807) is 4.68 Å². The standard InChI is InChI=1S/C19H23N7O3S/c1-10(2)8-25-16(20)15(17(28)21-18(25)29)14(27)9-30-19-22-23-24-26(19)13-7-5-6-11(3)12(13)4/h5-7,10H,8-9,20H2,1-4H3,(H,21,28,29). The topological polar surface area (TPSA) is 142 Å². The van der Waals surface area contributed by atoms with E-state index in [-0.39, 0.29) is 23.1 Å². The van der Waals surface area contributed by atoms with Gasteiger partial charge in [0.25, 0.3) is 5.56 Å². The zero-order valence-corrected chi connectivity index (χ0v) is 18.0. The van der Waals surface area contributed by atoms with Crippen molar-refractivity contribution in [2.75, 3.05) is 11.5 Å². The predicted molar refractivity (Wildman–Crippen MR) is 114 cm³/mol. The molecule has 0 aliphatic heterocycles. The lowest BCUT2D eigenvalue weighted by Gasteiger charge is -2.13. The third-order valence-electron chi connectivity index (χ3n) is 4.64. The molecule has 0 unspecified atom stereocenters. The molecular formula is C19H23N7O3S. The highest BCUT2D eigenvalue weighted by Gasteiger charge is 2.21. The Morgan fingerprint density at radius 1 is 1.27 bits per heavy atom. The number of carbonyl (C=O) groups is 1. The highest BCUT2D eigenvalue weighted by Crippen LogP contribution is 2.23. The van der Waals surface area contributed by atoms with Gasteiger partial charge in [-0.2, -0.15) is 4.68 Å². The number of aromatic amines is 1. The van der Waals surface area contributed by atoms with Gasteiger partial charge in [-0.15, -0.1) is 5.10 Å². The number of hydrogen-bond acceptors (Lipinski definition) is 8. The molecule has 10 nitrogen and oxygen atoms in total. The zero-order valence-electron chi connectivity index (χ0n) is 17.2. The zero-order chi connectivity index (χ0) is 22.0. The van der Waals surface area contributed by atoms with Gasteiger partial charge in [-0.25, -0.2) is 4.79 Å². The monoisotopic (exact) mass is 429 g/mol. The molecule has 0 aliphatic carbocycles. The van der Waals surface area contributed by atoms with E-state index in [1.165, 1.54) is 4.57 Å². The van der Waals surface area contributed by atoms with Crippen LogP contribution in [0.3, 0.4) is 0 Å². The van der Waals surface area contributed by atoms with Crippen LogP contribution >= 0.6 is 11.8 Å². The molecule has 0 saturated carbocycles. The first kappa shape index (κ1) is 21.5. The number of thioether (sulfide) groups is 1. The second-order valence-corrected chi connectivity index (χ2v) is 8.27. The van der Waals surface area contributed by atoms with Crippen LogP contribution in [-0.4, -0.2) is 41.3 Å². The van der Waals surface area contributed by atoms with Gasteiger partial charge in [0.05, 0.1) is 11.4 Å². The van der Waals surface area contributed by atoms with Crippen LogP contribution in [0.4, 0.5) is 5.82 Å². The Morgan fingerprint density at radius 3 is 2.70 bits per heavy atom. The van der Waals surface area contributed by atoms with Crippen LogP contribution in [0, 0.1) is 19.8 Å². The maximum atomic E-state index is 12.8. The Morgan fingerprint density at radius 2 is 2.00 bits per heavy atom.